The smallest absolute Gasteiger partial charge is 0.306 e. The first-order chi connectivity index (χ1) is 6.22. The lowest BCUT2D eigenvalue weighted by Gasteiger charge is -2.31. The highest BCUT2D eigenvalue weighted by atomic mass is 16.5. The van der Waals surface area contributed by atoms with Crippen molar-refractivity contribution in [1.29, 1.82) is 0 Å². The third-order valence-electron chi connectivity index (χ3n) is 2.31. The van der Waals surface area contributed by atoms with Gasteiger partial charge in [0.25, 0.3) is 0 Å². The molecule has 1 aliphatic heterocycles. The van der Waals surface area contributed by atoms with Crippen LogP contribution in [0.5, 0.6) is 0 Å². The molecule has 1 heterocycles. The lowest BCUT2D eigenvalue weighted by molar-refractivity contribution is -0.141. The zero-order chi connectivity index (χ0) is 9.68. The number of rotatable bonds is 3. The van der Waals surface area contributed by atoms with Crippen LogP contribution in [0.2, 0.25) is 0 Å². The van der Waals surface area contributed by atoms with E-state index in [1.807, 2.05) is 0 Å². The first kappa shape index (κ1) is 10.5. The molecule has 1 rings (SSSR count). The Balaban J connectivity index is 2.17. The van der Waals surface area contributed by atoms with Gasteiger partial charge in [-0.15, -0.1) is 0 Å². The Labute approximate surface area is 79.2 Å². The largest absolute Gasteiger partial charge is 0.469 e. The van der Waals surface area contributed by atoms with Crippen LogP contribution in [-0.2, 0) is 9.53 Å². The van der Waals surface area contributed by atoms with Gasteiger partial charge in [-0.1, -0.05) is 0 Å². The number of hydrogen-bond acceptors (Lipinski definition) is 4. The molecule has 0 saturated carbocycles. The van der Waals surface area contributed by atoms with Gasteiger partial charge in [-0.25, -0.2) is 0 Å². The zero-order valence-electron chi connectivity index (χ0n) is 8.38. The van der Waals surface area contributed by atoms with Gasteiger partial charge in [0.2, 0.25) is 0 Å². The topological polar surface area (TPSA) is 41.6 Å². The van der Waals surface area contributed by atoms with Crippen LogP contribution >= 0.6 is 0 Å². The van der Waals surface area contributed by atoms with E-state index in [9.17, 15) is 4.79 Å². The molecule has 1 aliphatic rings. The second kappa shape index (κ2) is 5.19. The highest BCUT2D eigenvalue weighted by Crippen LogP contribution is 1.99. The van der Waals surface area contributed by atoms with Crippen LogP contribution in [0, 0.1) is 0 Å². The molecule has 0 aromatic rings. The van der Waals surface area contributed by atoms with E-state index in [2.05, 4.69) is 21.9 Å². The van der Waals surface area contributed by atoms with Crippen molar-refractivity contribution in [3.05, 3.63) is 0 Å². The summed E-state index contributed by atoms with van der Waals surface area (Å²) in [5, 5.41) is 3.36. The molecule has 1 N–H and O–H groups in total. The van der Waals surface area contributed by atoms with Gasteiger partial charge >= 0.3 is 5.97 Å². The minimum absolute atomic E-state index is 0.119. The third kappa shape index (κ3) is 3.74. The summed E-state index contributed by atoms with van der Waals surface area (Å²) in [6.07, 6.45) is 0.503. The van der Waals surface area contributed by atoms with Crippen LogP contribution in [0.1, 0.15) is 13.3 Å². The van der Waals surface area contributed by atoms with Crippen LogP contribution in [0.3, 0.4) is 0 Å². The predicted octanol–water partition coefficient (Wildman–Crippen LogP) is -0.157. The van der Waals surface area contributed by atoms with E-state index in [0.717, 1.165) is 26.2 Å². The molecule has 1 atom stereocenters. The van der Waals surface area contributed by atoms with Crippen LogP contribution in [0.15, 0.2) is 0 Å². The normalized spacial score (nSPS) is 24.3. The van der Waals surface area contributed by atoms with E-state index in [1.54, 1.807) is 0 Å². The molecule has 0 bridgehead atoms. The maximum atomic E-state index is 10.9. The maximum absolute atomic E-state index is 10.9. The number of piperazine rings is 1. The van der Waals surface area contributed by atoms with Gasteiger partial charge in [-0.05, 0) is 6.92 Å². The molecule has 1 fully saturated rings. The average Bonchev–Trinajstić information content (AvgIpc) is 2.14. The Morgan fingerprint density at radius 1 is 1.69 bits per heavy atom. The van der Waals surface area contributed by atoms with Crippen LogP contribution in [0.4, 0.5) is 0 Å². The number of esters is 1. The molecule has 0 radical (unpaired) electrons. The molecule has 4 heteroatoms. The molecule has 0 aromatic heterocycles. The highest BCUT2D eigenvalue weighted by Gasteiger charge is 2.15. The van der Waals surface area contributed by atoms with Crippen LogP contribution in [0.25, 0.3) is 0 Å². The van der Waals surface area contributed by atoms with Crippen molar-refractivity contribution in [2.75, 3.05) is 33.3 Å². The Morgan fingerprint density at radius 3 is 3.08 bits per heavy atom. The Bertz CT molecular complexity index is 173. The van der Waals surface area contributed by atoms with Gasteiger partial charge in [0.15, 0.2) is 0 Å². The van der Waals surface area contributed by atoms with Gasteiger partial charge in [-0.3, -0.25) is 9.69 Å². The predicted molar refractivity (Wildman–Crippen MR) is 50.5 cm³/mol. The van der Waals surface area contributed by atoms with E-state index >= 15 is 0 Å². The highest BCUT2D eigenvalue weighted by molar-refractivity contribution is 5.69. The van der Waals surface area contributed by atoms with Crippen molar-refractivity contribution in [1.82, 2.24) is 10.2 Å². The standard InChI is InChI=1S/C9H18N2O2/c1-8-7-11(6-4-10-8)5-3-9(12)13-2/h8,10H,3-7H2,1-2H3/t8-/m1/s1. The fraction of sp³-hybridized carbons (Fsp3) is 0.889. The Hall–Kier alpha value is -0.610. The van der Waals surface area contributed by atoms with Crippen molar-refractivity contribution < 1.29 is 9.53 Å². The first-order valence-electron chi connectivity index (χ1n) is 4.75. The van der Waals surface area contributed by atoms with Crippen molar-refractivity contribution in [3.63, 3.8) is 0 Å². The van der Waals surface area contributed by atoms with E-state index in [1.165, 1.54) is 7.11 Å². The van der Waals surface area contributed by atoms with E-state index in [0.29, 0.717) is 12.5 Å². The minimum atomic E-state index is -0.119. The van der Waals surface area contributed by atoms with Crippen LogP contribution in [-0.4, -0.2) is 50.2 Å². The van der Waals surface area contributed by atoms with E-state index in [-0.39, 0.29) is 5.97 Å². The summed E-state index contributed by atoms with van der Waals surface area (Å²) in [5.74, 6) is -0.119. The summed E-state index contributed by atoms with van der Waals surface area (Å²) in [5.41, 5.74) is 0. The number of ether oxygens (including phenoxy) is 1. The summed E-state index contributed by atoms with van der Waals surface area (Å²) in [4.78, 5) is 13.2. The van der Waals surface area contributed by atoms with Crippen molar-refractivity contribution in [2.24, 2.45) is 0 Å². The molecule has 0 aliphatic carbocycles. The number of nitrogens with one attached hydrogen (secondary N) is 1. The van der Waals surface area contributed by atoms with Crippen molar-refractivity contribution in [3.8, 4) is 0 Å². The molecular weight excluding hydrogens is 168 g/mol. The average molecular weight is 186 g/mol. The Morgan fingerprint density at radius 2 is 2.46 bits per heavy atom. The number of nitrogens with zero attached hydrogens (tertiary/aromatic N) is 1. The summed E-state index contributed by atoms with van der Waals surface area (Å²) in [6, 6.07) is 0.534. The monoisotopic (exact) mass is 186 g/mol. The fourth-order valence-electron chi connectivity index (χ4n) is 1.57. The molecule has 0 aromatic carbocycles. The maximum Gasteiger partial charge on any atom is 0.306 e. The van der Waals surface area contributed by atoms with Gasteiger partial charge in [0, 0.05) is 32.2 Å². The van der Waals surface area contributed by atoms with E-state index in [4.69, 9.17) is 0 Å². The summed E-state index contributed by atoms with van der Waals surface area (Å²) in [7, 11) is 1.43. The van der Waals surface area contributed by atoms with Gasteiger partial charge < -0.3 is 10.1 Å². The molecule has 1 saturated heterocycles. The second-order valence-electron chi connectivity index (χ2n) is 3.48. The number of carbonyl (C=O) groups excluding carboxylic acids is 1. The van der Waals surface area contributed by atoms with Crippen molar-refractivity contribution in [2.45, 2.75) is 19.4 Å². The molecule has 13 heavy (non-hydrogen) atoms. The van der Waals surface area contributed by atoms with Crippen molar-refractivity contribution >= 4 is 5.97 Å². The summed E-state index contributed by atoms with van der Waals surface area (Å²) < 4.78 is 4.59. The third-order valence-corrected chi connectivity index (χ3v) is 2.31. The van der Waals surface area contributed by atoms with Gasteiger partial charge in [0.1, 0.15) is 0 Å². The zero-order valence-corrected chi connectivity index (χ0v) is 8.38. The SMILES string of the molecule is COC(=O)CCN1CCN[C@H](C)C1. The molecule has 0 unspecified atom stereocenters. The summed E-state index contributed by atoms with van der Waals surface area (Å²) in [6.45, 7) is 6.05. The number of methoxy groups -OCH3 is 1. The van der Waals surface area contributed by atoms with Crippen LogP contribution < -0.4 is 5.32 Å². The molecule has 0 amide bonds. The number of carbonyl (C=O) groups is 1. The lowest BCUT2D eigenvalue weighted by atomic mass is 10.2. The fourth-order valence-corrected chi connectivity index (χ4v) is 1.57. The first-order valence-corrected chi connectivity index (χ1v) is 4.75. The molecule has 0 spiro atoms. The summed E-state index contributed by atoms with van der Waals surface area (Å²) >= 11 is 0. The minimum Gasteiger partial charge on any atom is -0.469 e. The lowest BCUT2D eigenvalue weighted by Crippen LogP contribution is -2.49. The number of hydrogen-bond donors (Lipinski definition) is 1. The van der Waals surface area contributed by atoms with Gasteiger partial charge in [-0.2, -0.15) is 0 Å². The second-order valence-corrected chi connectivity index (χ2v) is 3.48. The molecule has 4 nitrogen and oxygen atoms in total. The molecular formula is C9H18N2O2. The quantitative estimate of drug-likeness (QED) is 0.622. The molecule has 76 valence electrons. The van der Waals surface area contributed by atoms with E-state index < -0.39 is 0 Å². The Kier molecular flexibility index (Phi) is 4.18. The van der Waals surface area contributed by atoms with Gasteiger partial charge in [0.05, 0.1) is 13.5 Å².